The summed E-state index contributed by atoms with van der Waals surface area (Å²) in [5.41, 5.74) is 16.8. The molecule has 114 heavy (non-hydrogen) atoms. The lowest BCUT2D eigenvalue weighted by Gasteiger charge is -2.38. The Bertz CT molecular complexity index is 3940. The average molecular weight is 1580 g/mol. The summed E-state index contributed by atoms with van der Waals surface area (Å²) in [5.74, 6) is 0.889. The lowest BCUT2D eigenvalue weighted by molar-refractivity contribution is -0.142. The van der Waals surface area contributed by atoms with Crippen LogP contribution in [0.5, 0.6) is 0 Å². The monoisotopic (exact) mass is 1570 g/mol. The quantitative estimate of drug-likeness (QED) is 0.0400. The first-order chi connectivity index (χ1) is 54.5. The molecule has 5 aliphatic rings. The fourth-order valence-electron chi connectivity index (χ4n) is 16.0. The molecule has 2 heterocycles. The van der Waals surface area contributed by atoms with Gasteiger partial charge in [0.05, 0.1) is 24.8 Å². The summed E-state index contributed by atoms with van der Waals surface area (Å²) in [6.45, 7) is 16.6. The SMILES string of the molecule is CC(C)(C)OC(=O)N[C@H]1CCC[C@@H]1N.CC(C)(C)OC(=O)N[C@H]1CCC[C@@H]1N(Cc1ccccc1)Cc1ccccc1.CN(c1cnc(C(F)(F)F)cn1)[C@H]1CCC[C@@H]1N.CN(c1cnc(C(F)(F)F)cn1)[C@H]1CCC[C@@H]1N(Cc1ccccc1)Cc1ccccc1.CN[C@H]1CCC[C@@H]1N(Cc1ccccc1)Cc1ccccc1. The van der Waals surface area contributed by atoms with Crippen molar-refractivity contribution in [2.75, 3.05) is 30.9 Å². The molecule has 0 spiro atoms. The zero-order chi connectivity index (χ0) is 81.8. The molecule has 10 atom stereocenters. The first kappa shape index (κ1) is 88.9. The molecule has 5 fully saturated rings. The number of nitrogens with two attached hydrogens (primary N) is 2. The van der Waals surface area contributed by atoms with Crippen LogP contribution in [0.25, 0.3) is 0 Å². The number of nitrogens with one attached hydrogen (secondary N) is 3. The predicted molar refractivity (Wildman–Crippen MR) is 441 cm³/mol. The van der Waals surface area contributed by atoms with Gasteiger partial charge in [-0.1, -0.05) is 188 Å². The Hall–Kier alpha value is -9.04. The second-order valence-electron chi connectivity index (χ2n) is 32.6. The number of carbonyl (C=O) groups excluding carboxylic acids is 2. The highest BCUT2D eigenvalue weighted by Gasteiger charge is 2.40. The molecule has 13 rings (SSSR count). The zero-order valence-electron chi connectivity index (χ0n) is 67.8. The summed E-state index contributed by atoms with van der Waals surface area (Å²) in [7, 11) is 5.79. The van der Waals surface area contributed by atoms with Crippen LogP contribution in [0.4, 0.5) is 47.6 Å². The van der Waals surface area contributed by atoms with Gasteiger partial charge in [0.2, 0.25) is 0 Å². The molecule has 0 unspecified atom stereocenters. The Kier molecular flexibility index (Phi) is 33.6. The van der Waals surface area contributed by atoms with Crippen LogP contribution in [0.1, 0.15) is 183 Å². The molecular weight excluding hydrogens is 1460 g/mol. The van der Waals surface area contributed by atoms with E-state index in [-0.39, 0.29) is 54.5 Å². The fraction of sp³-hybridized carbons (Fsp3) is 0.489. The average Bonchev–Trinajstić information content (AvgIpc) is 1.74. The third-order valence-electron chi connectivity index (χ3n) is 21.6. The Morgan fingerprint density at radius 3 is 0.965 bits per heavy atom. The van der Waals surface area contributed by atoms with Gasteiger partial charge >= 0.3 is 24.5 Å². The highest BCUT2D eigenvalue weighted by atomic mass is 19.4. The minimum absolute atomic E-state index is 0.0408. The van der Waals surface area contributed by atoms with E-state index in [0.717, 1.165) is 135 Å². The number of ether oxygens (including phenoxy) is 2. The van der Waals surface area contributed by atoms with Crippen molar-refractivity contribution >= 4 is 23.8 Å². The highest BCUT2D eigenvalue weighted by Crippen LogP contribution is 2.36. The maximum Gasteiger partial charge on any atom is 0.434 e. The number of aromatic nitrogens is 4. The largest absolute Gasteiger partial charge is 0.444 e. The molecule has 616 valence electrons. The van der Waals surface area contributed by atoms with Gasteiger partial charge in [0.1, 0.15) is 22.8 Å². The number of benzene rings is 6. The first-order valence-electron chi connectivity index (χ1n) is 40.3. The van der Waals surface area contributed by atoms with Crippen LogP contribution in [0.15, 0.2) is 207 Å². The Labute approximate surface area is 671 Å². The molecular formula is C90H120F6N14O4. The number of hydrogen-bond acceptors (Lipinski definition) is 16. The number of alkyl halides is 6. The van der Waals surface area contributed by atoms with Crippen molar-refractivity contribution in [2.24, 2.45) is 11.5 Å². The van der Waals surface area contributed by atoms with Crippen LogP contribution < -0.4 is 37.2 Å². The molecule has 0 bridgehead atoms. The minimum Gasteiger partial charge on any atom is -0.444 e. The summed E-state index contributed by atoms with van der Waals surface area (Å²) in [6.07, 6.45) is 10.4. The lowest BCUT2D eigenvalue weighted by atomic mass is 10.1. The topological polar surface area (TPSA) is 208 Å². The van der Waals surface area contributed by atoms with Crippen LogP contribution in [-0.4, -0.2) is 140 Å². The Morgan fingerprint density at radius 2 is 0.649 bits per heavy atom. The van der Waals surface area contributed by atoms with Gasteiger partial charge in [-0.05, 0) is 172 Å². The van der Waals surface area contributed by atoms with E-state index in [0.29, 0.717) is 29.8 Å². The van der Waals surface area contributed by atoms with Crippen LogP contribution >= 0.6 is 0 Å². The third-order valence-corrected chi connectivity index (χ3v) is 21.6. The number of carbonyl (C=O) groups is 2. The third kappa shape index (κ3) is 28.7. The minimum atomic E-state index is -4.48. The molecule has 5 saturated carbocycles. The maximum absolute atomic E-state index is 12.9. The van der Waals surface area contributed by atoms with Crippen LogP contribution in [0, 0.1) is 0 Å². The van der Waals surface area contributed by atoms with Crippen LogP contribution in [0.3, 0.4) is 0 Å². The van der Waals surface area contributed by atoms with Gasteiger partial charge in [0.15, 0.2) is 11.4 Å². The van der Waals surface area contributed by atoms with E-state index < -0.39 is 34.9 Å². The van der Waals surface area contributed by atoms with Crippen LogP contribution in [0.2, 0.25) is 0 Å². The number of amides is 2. The van der Waals surface area contributed by atoms with Crippen LogP contribution in [-0.2, 0) is 61.1 Å². The molecule has 2 aromatic heterocycles. The normalized spacial score (nSPS) is 21.4. The number of likely N-dealkylation sites (N-methyl/N-ethyl adjacent to an activating group) is 3. The number of anilines is 2. The number of alkyl carbamates (subject to hydrolysis) is 2. The molecule has 0 aliphatic heterocycles. The van der Waals surface area contributed by atoms with E-state index in [1.807, 2.05) is 107 Å². The summed E-state index contributed by atoms with van der Waals surface area (Å²) >= 11 is 0. The Morgan fingerprint density at radius 1 is 0.368 bits per heavy atom. The number of hydrogen-bond donors (Lipinski definition) is 5. The van der Waals surface area contributed by atoms with Gasteiger partial charge in [0, 0.05) is 114 Å². The van der Waals surface area contributed by atoms with Crippen molar-refractivity contribution in [3.8, 4) is 0 Å². The van der Waals surface area contributed by atoms with Crippen molar-refractivity contribution in [1.82, 2.24) is 50.6 Å². The molecule has 8 aromatic rings. The van der Waals surface area contributed by atoms with Crippen molar-refractivity contribution < 1.29 is 45.4 Å². The van der Waals surface area contributed by atoms with E-state index in [4.69, 9.17) is 20.9 Å². The van der Waals surface area contributed by atoms with Gasteiger partial charge in [-0.15, -0.1) is 0 Å². The van der Waals surface area contributed by atoms with Crippen molar-refractivity contribution in [1.29, 1.82) is 0 Å². The molecule has 0 saturated heterocycles. The molecule has 18 nitrogen and oxygen atoms in total. The summed E-state index contributed by atoms with van der Waals surface area (Å²) in [6, 6.07) is 66.0. The maximum atomic E-state index is 12.9. The Balaban J connectivity index is 0.000000168. The number of rotatable bonds is 22. The van der Waals surface area contributed by atoms with Crippen molar-refractivity contribution in [3.63, 3.8) is 0 Å². The van der Waals surface area contributed by atoms with Gasteiger partial charge in [0.25, 0.3) is 0 Å². The second kappa shape index (κ2) is 43.1. The fourth-order valence-corrected chi connectivity index (χ4v) is 16.0. The molecule has 7 N–H and O–H groups in total. The highest BCUT2D eigenvalue weighted by molar-refractivity contribution is 5.68. The van der Waals surface area contributed by atoms with Gasteiger partial charge in [-0.3, -0.25) is 14.7 Å². The predicted octanol–water partition coefficient (Wildman–Crippen LogP) is 17.7. The van der Waals surface area contributed by atoms with E-state index >= 15 is 0 Å². The summed E-state index contributed by atoms with van der Waals surface area (Å²) in [5, 5.41) is 9.46. The van der Waals surface area contributed by atoms with E-state index in [9.17, 15) is 35.9 Å². The summed E-state index contributed by atoms with van der Waals surface area (Å²) in [4.78, 5) is 50.0. The first-order valence-corrected chi connectivity index (χ1v) is 40.3. The second-order valence-corrected chi connectivity index (χ2v) is 32.6. The zero-order valence-corrected chi connectivity index (χ0v) is 67.8. The number of nitrogens with zero attached hydrogens (tertiary/aromatic N) is 9. The van der Waals surface area contributed by atoms with Crippen molar-refractivity contribution in [3.05, 3.63) is 252 Å². The van der Waals surface area contributed by atoms with Gasteiger partial charge < -0.3 is 46.7 Å². The van der Waals surface area contributed by atoms with E-state index in [2.05, 4.69) is 191 Å². The van der Waals surface area contributed by atoms with Gasteiger partial charge in [-0.25, -0.2) is 29.5 Å². The standard InChI is InChI=1S/C25H27F3N4.C24H32N2O2.C20H26N2.C11H15F3N4.C10H20N2O2/c1-31(24-16-29-23(15-30-24)25(26,27)28)21-13-8-14-22(21)32(17-19-9-4-2-5-10-19)18-20-11-6-3-7-12-20;1-24(2,3)28-23(27)25-21-15-10-16-22(21)26(17-19-11-6-4-7-12-19)18-20-13-8-5-9-14-20;1-21-19-13-8-14-20(19)22(15-17-9-4-2-5-10-17)16-18-11-6-3-7-12-18;1-18(8-4-2-3-7(8)15)10-6-16-9(5-17-10)11(12,13)14;1-10(2,3)14-9(13)12-8-6-4-5-7(8)11/h2-7,9-12,15-16,21-22H,8,13-14,17-18H2,1H3;4-9,11-14,21-22H,10,15-18H2,1-3H3,(H,25,27);2-7,9-12,19-21H,8,13-16H2,1H3;5-8H,2-4,15H2,1H3;7-8H,4-6,11H2,1-3H3,(H,12,13)/t2*21-,22-;19-,20-;2*7-,8-/m00000/s1. The van der Waals surface area contributed by atoms with E-state index in [1.54, 1.807) is 7.05 Å². The smallest absolute Gasteiger partial charge is 0.434 e. The molecule has 5 aliphatic carbocycles. The van der Waals surface area contributed by atoms with Crippen molar-refractivity contribution in [2.45, 2.75) is 261 Å². The summed E-state index contributed by atoms with van der Waals surface area (Å²) < 4.78 is 86.3. The molecule has 0 radical (unpaired) electrons. The molecule has 2 amide bonds. The molecule has 6 aromatic carbocycles. The number of halogens is 6. The lowest BCUT2D eigenvalue weighted by Crippen LogP contribution is -2.49. The van der Waals surface area contributed by atoms with Gasteiger partial charge in [-0.2, -0.15) is 26.3 Å². The molecule has 24 heteroatoms. The van der Waals surface area contributed by atoms with E-state index in [1.165, 1.54) is 58.8 Å².